The smallest absolute Gasteiger partial charge is 0.412 e. The van der Waals surface area contributed by atoms with E-state index in [0.29, 0.717) is 54.1 Å². The van der Waals surface area contributed by atoms with Crippen LogP contribution < -0.4 is 10.6 Å². The molecule has 0 saturated heterocycles. The van der Waals surface area contributed by atoms with Gasteiger partial charge in [-0.15, -0.1) is 0 Å². The van der Waals surface area contributed by atoms with Crippen LogP contribution in [0.15, 0.2) is 24.3 Å². The zero-order chi connectivity index (χ0) is 39.8. The fourth-order valence-electron chi connectivity index (χ4n) is 6.84. The molecule has 0 unspecified atom stereocenters. The normalized spacial score (nSPS) is 11.5. The lowest BCUT2D eigenvalue weighted by Crippen LogP contribution is -2.28. The topological polar surface area (TPSA) is 123 Å². The molecule has 0 spiro atoms. The van der Waals surface area contributed by atoms with E-state index in [-0.39, 0.29) is 11.5 Å². The zero-order valence-electron chi connectivity index (χ0n) is 34.8. The van der Waals surface area contributed by atoms with E-state index in [1.54, 1.807) is 20.3 Å². The molecule has 54 heavy (non-hydrogen) atoms. The van der Waals surface area contributed by atoms with Crippen molar-refractivity contribution < 1.29 is 33.7 Å². The molecule has 0 bridgehead atoms. The highest BCUT2D eigenvalue weighted by Gasteiger charge is 2.24. The van der Waals surface area contributed by atoms with E-state index in [1.807, 2.05) is 39.0 Å². The van der Waals surface area contributed by atoms with Gasteiger partial charge < -0.3 is 24.6 Å². The van der Waals surface area contributed by atoms with Crippen molar-refractivity contribution in [2.45, 2.75) is 169 Å². The number of carbonyl (C=O) groups is 3. The Hall–Kier alpha value is -3.43. The molecule has 0 aliphatic rings. The first kappa shape index (κ1) is 46.7. The second-order valence-electron chi connectivity index (χ2n) is 15.7. The predicted octanol–water partition coefficient (Wildman–Crippen LogP) is 11.7. The summed E-state index contributed by atoms with van der Waals surface area (Å²) >= 11 is 0. The maximum absolute atomic E-state index is 14.5. The Kier molecular flexibility index (Phi) is 22.8. The van der Waals surface area contributed by atoms with Gasteiger partial charge in [0.25, 0.3) is 5.91 Å². The Morgan fingerprint density at radius 3 is 1.41 bits per heavy atom. The number of hydrogen-bond donors (Lipinski definition) is 3. The minimum atomic E-state index is -1.04. The van der Waals surface area contributed by atoms with Crippen LogP contribution in [-0.4, -0.2) is 56.1 Å². The van der Waals surface area contributed by atoms with Crippen molar-refractivity contribution in [2.75, 3.05) is 38.1 Å². The molecule has 2 aromatic rings. The number of rotatable bonds is 28. The van der Waals surface area contributed by atoms with Crippen LogP contribution in [0.1, 0.15) is 180 Å². The summed E-state index contributed by atoms with van der Waals surface area (Å²) in [6.45, 7) is 10.5. The lowest BCUT2D eigenvalue weighted by Gasteiger charge is -2.22. The van der Waals surface area contributed by atoms with E-state index in [9.17, 15) is 19.5 Å². The van der Waals surface area contributed by atoms with Gasteiger partial charge in [-0.2, -0.15) is 0 Å². The standard InChI is InChI=1S/C45H72N2O7/c1-8-10-12-14-16-18-20-22-24-34-30-38(36(26-28-52-6)41(33-34)47-44(51)54-45(3,4)5)42(48)46-40-32-35(25-23-21-19-17-15-13-11-9-2)31-39(43(49)50)37(40)27-29-53-7/h30-33H,8-29H2,1-7H3,(H,46,48)(H,47,51)(H,49,50). The van der Waals surface area contributed by atoms with Crippen molar-refractivity contribution in [1.82, 2.24) is 0 Å². The number of carbonyl (C=O) groups excluding carboxylic acids is 2. The monoisotopic (exact) mass is 753 g/mol. The van der Waals surface area contributed by atoms with Crippen LogP contribution in [0.5, 0.6) is 0 Å². The van der Waals surface area contributed by atoms with Crippen molar-refractivity contribution in [3.05, 3.63) is 57.6 Å². The number of unbranched alkanes of at least 4 members (excludes halogenated alkanes) is 14. The number of hydrogen-bond acceptors (Lipinski definition) is 6. The van der Waals surface area contributed by atoms with Gasteiger partial charge in [0.05, 0.1) is 18.8 Å². The number of ether oxygens (including phenoxy) is 3. The number of aromatic carboxylic acids is 1. The molecular weight excluding hydrogens is 681 g/mol. The van der Waals surface area contributed by atoms with Gasteiger partial charge in [-0.1, -0.05) is 104 Å². The number of carboxylic acid groups (broad SMARTS) is 1. The summed E-state index contributed by atoms with van der Waals surface area (Å²) in [6, 6.07) is 7.54. The van der Waals surface area contributed by atoms with Crippen molar-refractivity contribution in [2.24, 2.45) is 0 Å². The van der Waals surface area contributed by atoms with Gasteiger partial charge in [0.1, 0.15) is 5.60 Å². The maximum Gasteiger partial charge on any atom is 0.412 e. The predicted molar refractivity (Wildman–Crippen MR) is 221 cm³/mol. The van der Waals surface area contributed by atoms with E-state index in [2.05, 4.69) is 24.5 Å². The lowest BCUT2D eigenvalue weighted by molar-refractivity contribution is 0.0633. The molecule has 0 aliphatic carbocycles. The van der Waals surface area contributed by atoms with Gasteiger partial charge in [0.15, 0.2) is 0 Å². The van der Waals surface area contributed by atoms with E-state index < -0.39 is 17.7 Å². The average molecular weight is 753 g/mol. The maximum atomic E-state index is 14.5. The average Bonchev–Trinajstić information content (AvgIpc) is 3.11. The minimum Gasteiger partial charge on any atom is -0.478 e. The van der Waals surface area contributed by atoms with Crippen molar-refractivity contribution in [1.29, 1.82) is 0 Å². The molecule has 3 N–H and O–H groups in total. The van der Waals surface area contributed by atoms with Gasteiger partial charge in [0, 0.05) is 31.2 Å². The Morgan fingerprint density at radius 2 is 0.981 bits per heavy atom. The highest BCUT2D eigenvalue weighted by atomic mass is 16.6. The zero-order valence-corrected chi connectivity index (χ0v) is 34.8. The first-order valence-electron chi connectivity index (χ1n) is 20.8. The molecule has 0 aromatic heterocycles. The molecule has 0 radical (unpaired) electrons. The van der Waals surface area contributed by atoms with Gasteiger partial charge in [-0.05, 0) is 106 Å². The quantitative estimate of drug-likeness (QED) is 0.0739. The molecule has 9 heteroatoms. The summed E-state index contributed by atoms with van der Waals surface area (Å²) in [5, 5.41) is 16.4. The first-order valence-corrected chi connectivity index (χ1v) is 20.8. The third-order valence-corrected chi connectivity index (χ3v) is 9.73. The molecule has 2 rings (SSSR count). The van der Waals surface area contributed by atoms with Crippen LogP contribution >= 0.6 is 0 Å². The second kappa shape index (κ2) is 26.4. The minimum absolute atomic E-state index is 0.176. The number of anilines is 2. The molecule has 2 amide bonds. The van der Waals surface area contributed by atoms with Gasteiger partial charge >= 0.3 is 12.1 Å². The van der Waals surface area contributed by atoms with Crippen LogP contribution in [0.3, 0.4) is 0 Å². The number of aryl methyl sites for hydroxylation is 2. The van der Waals surface area contributed by atoms with E-state index >= 15 is 0 Å². The lowest BCUT2D eigenvalue weighted by atomic mass is 9.94. The van der Waals surface area contributed by atoms with Crippen LogP contribution in [0, 0.1) is 0 Å². The number of methoxy groups -OCH3 is 2. The van der Waals surface area contributed by atoms with Crippen molar-refractivity contribution >= 4 is 29.3 Å². The number of carboxylic acids is 1. The van der Waals surface area contributed by atoms with Crippen LogP contribution in [0.4, 0.5) is 16.2 Å². The van der Waals surface area contributed by atoms with Crippen LogP contribution in [-0.2, 0) is 39.9 Å². The molecule has 0 fully saturated rings. The van der Waals surface area contributed by atoms with Crippen molar-refractivity contribution in [3.63, 3.8) is 0 Å². The summed E-state index contributed by atoms with van der Waals surface area (Å²) < 4.78 is 16.4. The van der Waals surface area contributed by atoms with E-state index in [1.165, 1.54) is 64.2 Å². The fourth-order valence-corrected chi connectivity index (χ4v) is 6.84. The van der Waals surface area contributed by atoms with Crippen LogP contribution in [0.2, 0.25) is 0 Å². The Labute approximate surface area is 326 Å². The Bertz CT molecular complexity index is 1420. The Balaban J connectivity index is 2.49. The first-order chi connectivity index (χ1) is 25.9. The third-order valence-electron chi connectivity index (χ3n) is 9.73. The molecule has 0 saturated carbocycles. The molecule has 9 nitrogen and oxygen atoms in total. The summed E-state index contributed by atoms with van der Waals surface area (Å²) in [5.74, 6) is -1.41. The molecular formula is C45H72N2O7. The van der Waals surface area contributed by atoms with E-state index in [0.717, 1.165) is 62.5 Å². The van der Waals surface area contributed by atoms with Crippen LogP contribution in [0.25, 0.3) is 0 Å². The largest absolute Gasteiger partial charge is 0.478 e. The number of nitrogens with one attached hydrogen (secondary N) is 2. The van der Waals surface area contributed by atoms with Gasteiger partial charge in [-0.25, -0.2) is 9.59 Å². The molecule has 0 atom stereocenters. The summed E-state index contributed by atoms with van der Waals surface area (Å²) in [6.07, 6.45) is 20.5. The second-order valence-corrected chi connectivity index (χ2v) is 15.7. The number of benzene rings is 2. The SMILES string of the molecule is CCCCCCCCCCc1cc(NC(=O)c2cc(CCCCCCCCCC)cc(NC(=O)OC(C)(C)C)c2CCOC)c(CCOC)c(C(=O)O)c1. The number of amides is 2. The molecule has 0 aliphatic heterocycles. The highest BCUT2D eigenvalue weighted by Crippen LogP contribution is 2.30. The van der Waals surface area contributed by atoms with Crippen molar-refractivity contribution in [3.8, 4) is 0 Å². The Morgan fingerprint density at radius 1 is 0.574 bits per heavy atom. The summed E-state index contributed by atoms with van der Waals surface area (Å²) in [7, 11) is 3.18. The van der Waals surface area contributed by atoms with E-state index in [4.69, 9.17) is 14.2 Å². The summed E-state index contributed by atoms with van der Waals surface area (Å²) in [4.78, 5) is 40.2. The molecule has 304 valence electrons. The molecule has 0 heterocycles. The molecule has 2 aromatic carbocycles. The van der Waals surface area contributed by atoms with Gasteiger partial charge in [-0.3, -0.25) is 10.1 Å². The summed E-state index contributed by atoms with van der Waals surface area (Å²) in [5.41, 5.74) is 3.85. The highest BCUT2D eigenvalue weighted by molar-refractivity contribution is 6.08. The fraction of sp³-hybridized carbons (Fsp3) is 0.667. The third kappa shape index (κ3) is 18.3. The van der Waals surface area contributed by atoms with Gasteiger partial charge in [0.2, 0.25) is 0 Å².